The first kappa shape index (κ1) is 13.8. The van der Waals surface area contributed by atoms with E-state index in [2.05, 4.69) is 10.6 Å². The topological polar surface area (TPSA) is 93.5 Å². The Morgan fingerprint density at radius 3 is 2.71 bits per heavy atom. The predicted octanol–water partition coefficient (Wildman–Crippen LogP) is 1.61. The Morgan fingerprint density at radius 2 is 2.00 bits per heavy atom. The molecule has 21 heavy (non-hydrogen) atoms. The van der Waals surface area contributed by atoms with Crippen molar-refractivity contribution < 1.29 is 14.5 Å². The lowest BCUT2D eigenvalue weighted by Crippen LogP contribution is -2.34. The molecule has 112 valence electrons. The molecule has 0 unspecified atom stereocenters. The number of nitrogens with one attached hydrogen (secondary N) is 2. The van der Waals surface area contributed by atoms with Crippen molar-refractivity contribution in [3.8, 4) is 5.75 Å². The number of nitro benzene ring substituents is 1. The second-order valence-corrected chi connectivity index (χ2v) is 5.35. The molecule has 2 aliphatic rings. The molecule has 0 spiro atoms. The number of carbonyl (C=O) groups is 1. The molecule has 7 nitrogen and oxygen atoms in total. The van der Waals surface area contributed by atoms with E-state index in [0.29, 0.717) is 24.3 Å². The average molecular weight is 291 g/mol. The molecule has 0 aliphatic carbocycles. The molecule has 7 heteroatoms. The van der Waals surface area contributed by atoms with E-state index in [0.717, 1.165) is 31.5 Å². The van der Waals surface area contributed by atoms with Gasteiger partial charge in [-0.05, 0) is 44.0 Å². The molecule has 2 N–H and O–H groups in total. The molecule has 0 aromatic heterocycles. The summed E-state index contributed by atoms with van der Waals surface area (Å²) in [5, 5.41) is 17.1. The first-order valence-electron chi connectivity index (χ1n) is 7.12. The van der Waals surface area contributed by atoms with Crippen LogP contribution >= 0.6 is 0 Å². The minimum absolute atomic E-state index is 0.00109. The SMILES string of the molecule is O=C1CCc2cc(OC3CCNCC3)c([N+](=O)[O-])cc2N1. The summed E-state index contributed by atoms with van der Waals surface area (Å²) in [5.74, 6) is 0.200. The van der Waals surface area contributed by atoms with Gasteiger partial charge in [-0.15, -0.1) is 0 Å². The third-order valence-electron chi connectivity index (χ3n) is 3.86. The van der Waals surface area contributed by atoms with Crippen molar-refractivity contribution in [3.05, 3.63) is 27.8 Å². The summed E-state index contributed by atoms with van der Waals surface area (Å²) in [5.41, 5.74) is 1.33. The van der Waals surface area contributed by atoms with E-state index in [-0.39, 0.29) is 17.7 Å². The minimum atomic E-state index is -0.461. The summed E-state index contributed by atoms with van der Waals surface area (Å²) >= 11 is 0. The maximum Gasteiger partial charge on any atom is 0.313 e. The van der Waals surface area contributed by atoms with Crippen molar-refractivity contribution in [2.75, 3.05) is 18.4 Å². The van der Waals surface area contributed by atoms with Crippen LogP contribution in [0, 0.1) is 10.1 Å². The fraction of sp³-hybridized carbons (Fsp3) is 0.500. The fourth-order valence-electron chi connectivity index (χ4n) is 2.72. The van der Waals surface area contributed by atoms with E-state index in [9.17, 15) is 14.9 Å². The van der Waals surface area contributed by atoms with E-state index >= 15 is 0 Å². The molecule has 2 aliphatic heterocycles. The van der Waals surface area contributed by atoms with E-state index in [4.69, 9.17) is 4.74 Å². The molecule has 3 rings (SSSR count). The van der Waals surface area contributed by atoms with Crippen LogP contribution in [-0.2, 0) is 11.2 Å². The molecular weight excluding hydrogens is 274 g/mol. The highest BCUT2D eigenvalue weighted by molar-refractivity contribution is 5.94. The first-order valence-corrected chi connectivity index (χ1v) is 7.12. The number of nitro groups is 1. The fourth-order valence-corrected chi connectivity index (χ4v) is 2.72. The Balaban J connectivity index is 1.90. The zero-order valence-electron chi connectivity index (χ0n) is 11.6. The number of amides is 1. The van der Waals surface area contributed by atoms with E-state index < -0.39 is 4.92 Å². The van der Waals surface area contributed by atoms with Gasteiger partial charge in [0.1, 0.15) is 6.10 Å². The molecule has 0 atom stereocenters. The number of anilines is 1. The van der Waals surface area contributed by atoms with Crippen LogP contribution in [0.2, 0.25) is 0 Å². The zero-order chi connectivity index (χ0) is 14.8. The lowest BCUT2D eigenvalue weighted by atomic mass is 10.0. The van der Waals surface area contributed by atoms with E-state index in [1.54, 1.807) is 6.07 Å². The van der Waals surface area contributed by atoms with Crippen LogP contribution in [0.4, 0.5) is 11.4 Å². The summed E-state index contributed by atoms with van der Waals surface area (Å²) in [7, 11) is 0. The van der Waals surface area contributed by atoms with Gasteiger partial charge < -0.3 is 15.4 Å². The molecule has 1 aromatic rings. The number of fused-ring (bicyclic) bond motifs is 1. The van der Waals surface area contributed by atoms with Gasteiger partial charge in [0.2, 0.25) is 5.91 Å². The van der Waals surface area contributed by atoms with Gasteiger partial charge in [-0.25, -0.2) is 0 Å². The van der Waals surface area contributed by atoms with Gasteiger partial charge in [0, 0.05) is 12.5 Å². The summed E-state index contributed by atoms with van der Waals surface area (Å²) < 4.78 is 5.85. The number of rotatable bonds is 3. The third-order valence-corrected chi connectivity index (χ3v) is 3.86. The number of piperidine rings is 1. The molecular formula is C14H17N3O4. The van der Waals surface area contributed by atoms with Crippen LogP contribution in [0.15, 0.2) is 12.1 Å². The number of benzene rings is 1. The van der Waals surface area contributed by atoms with Crippen LogP contribution in [-0.4, -0.2) is 30.0 Å². The van der Waals surface area contributed by atoms with Gasteiger partial charge in [0.25, 0.3) is 0 Å². The highest BCUT2D eigenvalue weighted by Gasteiger charge is 2.25. The first-order chi connectivity index (χ1) is 10.1. The Labute approximate surface area is 121 Å². The van der Waals surface area contributed by atoms with Gasteiger partial charge >= 0.3 is 5.69 Å². The average Bonchev–Trinajstić information content (AvgIpc) is 2.47. The van der Waals surface area contributed by atoms with Gasteiger partial charge in [-0.1, -0.05) is 0 Å². The lowest BCUT2D eigenvalue weighted by molar-refractivity contribution is -0.386. The molecule has 1 amide bonds. The third kappa shape index (κ3) is 2.97. The Kier molecular flexibility index (Phi) is 3.74. The molecule has 1 aromatic carbocycles. The molecule has 0 bridgehead atoms. The van der Waals surface area contributed by atoms with Crippen molar-refractivity contribution >= 4 is 17.3 Å². The second kappa shape index (κ2) is 5.69. The van der Waals surface area contributed by atoms with Crippen molar-refractivity contribution in [2.24, 2.45) is 0 Å². The van der Waals surface area contributed by atoms with Crippen molar-refractivity contribution in [1.82, 2.24) is 5.32 Å². The number of aryl methyl sites for hydroxylation is 1. The van der Waals surface area contributed by atoms with Crippen LogP contribution in [0.5, 0.6) is 5.75 Å². The number of hydrogen-bond acceptors (Lipinski definition) is 5. The van der Waals surface area contributed by atoms with E-state index in [1.165, 1.54) is 6.07 Å². The molecule has 1 fully saturated rings. The number of ether oxygens (including phenoxy) is 1. The Bertz CT molecular complexity index is 582. The second-order valence-electron chi connectivity index (χ2n) is 5.35. The highest BCUT2D eigenvalue weighted by atomic mass is 16.6. The van der Waals surface area contributed by atoms with Gasteiger partial charge in [-0.2, -0.15) is 0 Å². The van der Waals surface area contributed by atoms with Crippen LogP contribution < -0.4 is 15.4 Å². The monoisotopic (exact) mass is 291 g/mol. The Morgan fingerprint density at radius 1 is 1.24 bits per heavy atom. The lowest BCUT2D eigenvalue weighted by Gasteiger charge is -2.25. The highest BCUT2D eigenvalue weighted by Crippen LogP contribution is 2.36. The minimum Gasteiger partial charge on any atom is -0.483 e. The maximum atomic E-state index is 11.4. The largest absolute Gasteiger partial charge is 0.483 e. The number of hydrogen-bond donors (Lipinski definition) is 2. The van der Waals surface area contributed by atoms with Crippen LogP contribution in [0.1, 0.15) is 24.8 Å². The smallest absolute Gasteiger partial charge is 0.313 e. The van der Waals surface area contributed by atoms with Crippen LogP contribution in [0.3, 0.4) is 0 Å². The summed E-state index contributed by atoms with van der Waals surface area (Å²) in [4.78, 5) is 22.2. The quantitative estimate of drug-likeness (QED) is 0.652. The van der Waals surface area contributed by atoms with Crippen LogP contribution in [0.25, 0.3) is 0 Å². The van der Waals surface area contributed by atoms with Gasteiger partial charge in [0.15, 0.2) is 5.75 Å². The summed E-state index contributed by atoms with van der Waals surface area (Å²) in [6.07, 6.45) is 2.66. The van der Waals surface area contributed by atoms with E-state index in [1.807, 2.05) is 0 Å². The van der Waals surface area contributed by atoms with Gasteiger partial charge in [-0.3, -0.25) is 14.9 Å². The molecule has 0 radical (unpaired) electrons. The van der Waals surface area contributed by atoms with Crippen molar-refractivity contribution in [3.63, 3.8) is 0 Å². The summed E-state index contributed by atoms with van der Waals surface area (Å²) in [6, 6.07) is 3.11. The molecule has 2 heterocycles. The van der Waals surface area contributed by atoms with Gasteiger partial charge in [0.05, 0.1) is 10.6 Å². The Hall–Kier alpha value is -2.15. The number of carbonyl (C=O) groups excluding carboxylic acids is 1. The normalized spacial score (nSPS) is 18.8. The van der Waals surface area contributed by atoms with Crippen molar-refractivity contribution in [1.29, 1.82) is 0 Å². The standard InChI is InChI=1S/C14H17N3O4/c18-14-2-1-9-7-13(21-10-3-5-15-6-4-10)12(17(19)20)8-11(9)16-14/h7-8,10,15H,1-6H2,(H,16,18). The van der Waals surface area contributed by atoms with Crippen molar-refractivity contribution in [2.45, 2.75) is 31.8 Å². The maximum absolute atomic E-state index is 11.4. The zero-order valence-corrected chi connectivity index (χ0v) is 11.6. The summed E-state index contributed by atoms with van der Waals surface area (Å²) in [6.45, 7) is 1.72. The predicted molar refractivity (Wildman–Crippen MR) is 76.6 cm³/mol. The molecule has 1 saturated heterocycles. The molecule has 0 saturated carbocycles. The number of nitrogens with zero attached hydrogens (tertiary/aromatic N) is 1.